The van der Waals surface area contributed by atoms with Crippen molar-refractivity contribution in [3.8, 4) is 0 Å². The summed E-state index contributed by atoms with van der Waals surface area (Å²) in [7, 11) is 0. The zero-order valence-corrected chi connectivity index (χ0v) is 14.3. The zero-order valence-electron chi connectivity index (χ0n) is 14.3. The second-order valence-corrected chi connectivity index (χ2v) is 5.94. The third kappa shape index (κ3) is 3.09. The second kappa shape index (κ2) is 6.95. The number of rotatable bonds is 3. The van der Waals surface area contributed by atoms with Crippen LogP contribution in [0.2, 0.25) is 0 Å². The van der Waals surface area contributed by atoms with E-state index in [4.69, 9.17) is 4.42 Å². The van der Waals surface area contributed by atoms with Crippen molar-refractivity contribution in [2.24, 2.45) is 0 Å². The molecule has 2 heterocycles. The summed E-state index contributed by atoms with van der Waals surface area (Å²) in [6.07, 6.45) is 1.23. The summed E-state index contributed by atoms with van der Waals surface area (Å²) in [4.78, 5) is 40.7. The molecule has 8 nitrogen and oxygen atoms in total. The third-order valence-electron chi connectivity index (χ3n) is 4.10. The van der Waals surface area contributed by atoms with Crippen LogP contribution in [-0.4, -0.2) is 21.4 Å². The van der Waals surface area contributed by atoms with Crippen molar-refractivity contribution >= 4 is 33.9 Å². The lowest BCUT2D eigenvalue weighted by Gasteiger charge is -2.09. The number of para-hydroxylation sites is 1. The summed E-state index contributed by atoms with van der Waals surface area (Å²) in [6, 6.07) is 12.4. The van der Waals surface area contributed by atoms with E-state index in [0.29, 0.717) is 16.5 Å². The van der Waals surface area contributed by atoms with E-state index in [1.807, 2.05) is 0 Å². The predicted molar refractivity (Wildman–Crippen MR) is 97.8 cm³/mol. The zero-order chi connectivity index (χ0) is 19.7. The average Bonchev–Trinajstić information content (AvgIpc) is 3.08. The fraction of sp³-hybridized carbons (Fsp3) is 0.0526. The highest BCUT2D eigenvalue weighted by Gasteiger charge is 2.15. The third-order valence-corrected chi connectivity index (χ3v) is 4.10. The maximum absolute atomic E-state index is 13.6. The Hall–Kier alpha value is -4.01. The van der Waals surface area contributed by atoms with Gasteiger partial charge in [-0.3, -0.25) is 29.8 Å². The highest BCUT2D eigenvalue weighted by molar-refractivity contribution is 6.01. The average molecular weight is 380 g/mol. The van der Waals surface area contributed by atoms with Gasteiger partial charge < -0.3 is 4.42 Å². The molecule has 0 bridgehead atoms. The maximum atomic E-state index is 13.6. The smallest absolute Gasteiger partial charge is 0.297 e. The highest BCUT2D eigenvalue weighted by Crippen LogP contribution is 2.23. The lowest BCUT2D eigenvalue weighted by atomic mass is 10.2. The van der Waals surface area contributed by atoms with Crippen molar-refractivity contribution in [3.05, 3.63) is 76.6 Å². The van der Waals surface area contributed by atoms with E-state index in [9.17, 15) is 18.8 Å². The molecule has 140 valence electrons. The molecule has 4 aromatic rings. The fourth-order valence-corrected chi connectivity index (χ4v) is 2.76. The van der Waals surface area contributed by atoms with Gasteiger partial charge in [0.15, 0.2) is 0 Å². The number of nitrogens with one attached hydrogen (secondary N) is 2. The van der Waals surface area contributed by atoms with Gasteiger partial charge in [0.25, 0.3) is 17.4 Å². The van der Waals surface area contributed by atoms with E-state index in [1.165, 1.54) is 24.5 Å². The molecule has 28 heavy (non-hydrogen) atoms. The number of aromatic nitrogens is 2. The first kappa shape index (κ1) is 17.4. The van der Waals surface area contributed by atoms with Crippen LogP contribution in [0.3, 0.4) is 0 Å². The topological polar surface area (TPSA) is 106 Å². The lowest BCUT2D eigenvalue weighted by molar-refractivity contribution is -0.122. The van der Waals surface area contributed by atoms with E-state index < -0.39 is 29.7 Å². The van der Waals surface area contributed by atoms with Gasteiger partial charge in [-0.1, -0.05) is 24.3 Å². The first-order chi connectivity index (χ1) is 13.5. The van der Waals surface area contributed by atoms with Crippen molar-refractivity contribution in [2.45, 2.75) is 6.54 Å². The number of halogens is 1. The van der Waals surface area contributed by atoms with Crippen LogP contribution < -0.4 is 16.4 Å². The molecule has 0 aliphatic rings. The number of carbonyl (C=O) groups excluding carboxylic acids is 2. The normalized spacial score (nSPS) is 10.9. The summed E-state index contributed by atoms with van der Waals surface area (Å²) in [6.45, 7) is -0.406. The van der Waals surface area contributed by atoms with E-state index in [2.05, 4.69) is 15.8 Å². The van der Waals surface area contributed by atoms with Crippen LogP contribution in [-0.2, 0) is 11.3 Å². The van der Waals surface area contributed by atoms with Gasteiger partial charge in [-0.25, -0.2) is 9.37 Å². The molecule has 0 saturated carbocycles. The van der Waals surface area contributed by atoms with Crippen LogP contribution in [0.25, 0.3) is 22.1 Å². The Bertz CT molecular complexity index is 1280. The monoisotopic (exact) mass is 380 g/mol. The largest absolute Gasteiger partial charge is 0.448 e. The molecule has 2 aromatic heterocycles. The van der Waals surface area contributed by atoms with Crippen LogP contribution in [0.1, 0.15) is 10.4 Å². The van der Waals surface area contributed by atoms with Gasteiger partial charge in [0.05, 0.1) is 11.9 Å². The Kier molecular flexibility index (Phi) is 4.32. The highest BCUT2D eigenvalue weighted by atomic mass is 19.1. The van der Waals surface area contributed by atoms with Gasteiger partial charge >= 0.3 is 0 Å². The Morgan fingerprint density at radius 3 is 2.64 bits per heavy atom. The second-order valence-electron chi connectivity index (χ2n) is 5.94. The van der Waals surface area contributed by atoms with Crippen molar-refractivity contribution < 1.29 is 18.4 Å². The molecule has 0 spiro atoms. The number of hydrazine groups is 1. The predicted octanol–water partition coefficient (Wildman–Crippen LogP) is 1.74. The minimum absolute atomic E-state index is 0.0342. The maximum Gasteiger partial charge on any atom is 0.297 e. The lowest BCUT2D eigenvalue weighted by Crippen LogP contribution is -2.44. The molecule has 0 fully saturated rings. The van der Waals surface area contributed by atoms with Crippen molar-refractivity contribution in [2.75, 3.05) is 0 Å². The number of hydrogen-bond donors (Lipinski definition) is 2. The number of fused-ring (bicyclic) bond motifs is 3. The van der Waals surface area contributed by atoms with E-state index in [-0.39, 0.29) is 11.1 Å². The molecule has 0 unspecified atom stereocenters. The van der Waals surface area contributed by atoms with Gasteiger partial charge in [-0.15, -0.1) is 0 Å². The van der Waals surface area contributed by atoms with Crippen LogP contribution in [0.4, 0.5) is 4.39 Å². The summed E-state index contributed by atoms with van der Waals surface area (Å²) < 4.78 is 20.1. The van der Waals surface area contributed by atoms with Crippen molar-refractivity contribution in [3.63, 3.8) is 0 Å². The number of amides is 2. The summed E-state index contributed by atoms with van der Waals surface area (Å²) in [5.74, 6) is -2.22. The molecule has 9 heteroatoms. The molecule has 2 N–H and O–H groups in total. The molecule has 0 radical (unpaired) electrons. The van der Waals surface area contributed by atoms with Gasteiger partial charge in [-0.2, -0.15) is 0 Å². The molecule has 2 aromatic carbocycles. The van der Waals surface area contributed by atoms with Crippen LogP contribution in [0.5, 0.6) is 0 Å². The molecule has 0 saturated heterocycles. The molecular weight excluding hydrogens is 367 g/mol. The number of hydrogen-bond acceptors (Lipinski definition) is 5. The number of benzene rings is 2. The first-order valence-electron chi connectivity index (χ1n) is 8.25. The van der Waals surface area contributed by atoms with Gasteiger partial charge in [-0.05, 0) is 24.3 Å². The molecule has 0 aliphatic heterocycles. The molecule has 0 aliphatic carbocycles. The van der Waals surface area contributed by atoms with Crippen molar-refractivity contribution in [1.82, 2.24) is 20.4 Å². The van der Waals surface area contributed by atoms with Gasteiger partial charge in [0.1, 0.15) is 23.5 Å². The molecule has 0 atom stereocenters. The first-order valence-corrected chi connectivity index (χ1v) is 8.25. The van der Waals surface area contributed by atoms with Gasteiger partial charge in [0, 0.05) is 5.39 Å². The van der Waals surface area contributed by atoms with Crippen LogP contribution in [0.15, 0.2) is 64.1 Å². The van der Waals surface area contributed by atoms with E-state index in [1.54, 1.807) is 24.3 Å². The Morgan fingerprint density at radius 2 is 1.82 bits per heavy atom. The Morgan fingerprint density at radius 1 is 1.07 bits per heavy atom. The Balaban J connectivity index is 1.50. The summed E-state index contributed by atoms with van der Waals surface area (Å²) >= 11 is 0. The summed E-state index contributed by atoms with van der Waals surface area (Å²) in [5, 5.41) is 0.698. The fourth-order valence-electron chi connectivity index (χ4n) is 2.76. The SMILES string of the molecule is O=C(Cn1cnc2c(oc3ccccc32)c1=O)NNC(=O)c1ccccc1F. The quantitative estimate of drug-likeness (QED) is 0.527. The number of carbonyl (C=O) groups is 2. The standard InChI is InChI=1S/C19H13FN4O4/c20-13-7-3-1-5-11(13)18(26)23-22-15(25)9-24-10-21-16-12-6-2-4-8-14(12)28-17(16)19(24)27/h1-8,10H,9H2,(H,22,25)(H,23,26). The van der Waals surface area contributed by atoms with Crippen LogP contribution >= 0.6 is 0 Å². The number of furan rings is 1. The minimum atomic E-state index is -0.815. The molecular formula is C19H13FN4O4. The summed E-state index contributed by atoms with van der Waals surface area (Å²) in [5.41, 5.74) is 4.44. The molecule has 2 amide bonds. The number of nitrogens with zero attached hydrogens (tertiary/aromatic N) is 2. The van der Waals surface area contributed by atoms with Gasteiger partial charge in [0.2, 0.25) is 5.58 Å². The Labute approximate surface area is 156 Å². The van der Waals surface area contributed by atoms with Crippen molar-refractivity contribution in [1.29, 1.82) is 0 Å². The van der Waals surface area contributed by atoms with E-state index in [0.717, 1.165) is 10.6 Å². The van der Waals surface area contributed by atoms with Crippen LogP contribution in [0, 0.1) is 5.82 Å². The minimum Gasteiger partial charge on any atom is -0.448 e. The van der Waals surface area contributed by atoms with E-state index >= 15 is 0 Å². The molecule has 4 rings (SSSR count).